The first-order valence-corrected chi connectivity index (χ1v) is 5.11. The van der Waals surface area contributed by atoms with Crippen LogP contribution in [0.2, 0.25) is 6.32 Å². The number of hydrogen-bond acceptors (Lipinski definition) is 4. The van der Waals surface area contributed by atoms with E-state index >= 15 is 0 Å². The number of nitrogens with zero attached hydrogens (tertiary/aromatic N) is 1. The van der Waals surface area contributed by atoms with Gasteiger partial charge in [-0.05, 0) is 24.5 Å². The highest BCUT2D eigenvalue weighted by atomic mass is 16.5. The fourth-order valence-electron chi connectivity index (χ4n) is 1.27. The average Bonchev–Trinajstić information content (AvgIpc) is 2.37. The Kier molecular flexibility index (Phi) is 5.24. The van der Waals surface area contributed by atoms with Gasteiger partial charge >= 0.3 is 0 Å². The van der Waals surface area contributed by atoms with Gasteiger partial charge in [0.15, 0.2) is 5.78 Å². The Balaban J connectivity index is 2.90. The molecule has 0 bridgehead atoms. The molecule has 0 aliphatic heterocycles. The van der Waals surface area contributed by atoms with Crippen molar-refractivity contribution in [1.29, 1.82) is 5.26 Å². The predicted octanol–water partition coefficient (Wildman–Crippen LogP) is 1.35. The summed E-state index contributed by atoms with van der Waals surface area (Å²) in [4.78, 5) is 11.4. The van der Waals surface area contributed by atoms with Gasteiger partial charge in [-0.1, -0.05) is 0 Å². The SMILES string of the molecule is [B]CC(=O)c1cc(C#N)cc(OCCOC)c1. The molecule has 0 N–H and O–H groups in total. The Morgan fingerprint density at radius 2 is 2.18 bits per heavy atom. The molecule has 0 amide bonds. The fraction of sp³-hybridized carbons (Fsp3) is 0.333. The highest BCUT2D eigenvalue weighted by Crippen LogP contribution is 2.18. The lowest BCUT2D eigenvalue weighted by molar-refractivity contribution is 0.101. The Morgan fingerprint density at radius 1 is 1.41 bits per heavy atom. The minimum atomic E-state index is -0.223. The molecule has 5 heteroatoms. The van der Waals surface area contributed by atoms with E-state index in [4.69, 9.17) is 22.6 Å². The third-order valence-electron chi connectivity index (χ3n) is 2.10. The van der Waals surface area contributed by atoms with Crippen molar-refractivity contribution in [2.24, 2.45) is 0 Å². The van der Waals surface area contributed by atoms with Crippen molar-refractivity contribution < 1.29 is 14.3 Å². The Morgan fingerprint density at radius 3 is 2.76 bits per heavy atom. The molecule has 17 heavy (non-hydrogen) atoms. The number of ether oxygens (including phenoxy) is 2. The minimum Gasteiger partial charge on any atom is -0.491 e. The van der Waals surface area contributed by atoms with Gasteiger partial charge in [0.2, 0.25) is 0 Å². The molecule has 4 nitrogen and oxygen atoms in total. The second-order valence-corrected chi connectivity index (χ2v) is 3.33. The van der Waals surface area contributed by atoms with Crippen molar-refractivity contribution >= 4 is 13.6 Å². The highest BCUT2D eigenvalue weighted by Gasteiger charge is 2.07. The average molecular weight is 229 g/mol. The highest BCUT2D eigenvalue weighted by molar-refractivity contribution is 6.24. The summed E-state index contributed by atoms with van der Waals surface area (Å²) in [6, 6.07) is 6.62. The molecule has 1 aromatic rings. The third kappa shape index (κ3) is 3.93. The minimum absolute atomic E-state index is 0.0909. The van der Waals surface area contributed by atoms with Crippen LogP contribution in [0.4, 0.5) is 0 Å². The Labute approximate surface area is 102 Å². The van der Waals surface area contributed by atoms with Crippen molar-refractivity contribution in [3.05, 3.63) is 29.3 Å². The zero-order valence-electron chi connectivity index (χ0n) is 9.60. The lowest BCUT2D eigenvalue weighted by Crippen LogP contribution is -2.06. The molecule has 0 saturated carbocycles. The van der Waals surface area contributed by atoms with E-state index in [1.54, 1.807) is 19.2 Å². The normalized spacial score (nSPS) is 9.65. The molecule has 1 rings (SSSR count). The van der Waals surface area contributed by atoms with Gasteiger partial charge in [0.25, 0.3) is 0 Å². The van der Waals surface area contributed by atoms with Gasteiger partial charge in [-0.3, -0.25) is 4.79 Å². The predicted molar refractivity (Wildman–Crippen MR) is 63.4 cm³/mol. The van der Waals surface area contributed by atoms with Crippen LogP contribution in [0.25, 0.3) is 0 Å². The van der Waals surface area contributed by atoms with Crippen molar-refractivity contribution in [3.63, 3.8) is 0 Å². The van der Waals surface area contributed by atoms with E-state index < -0.39 is 0 Å². The zero-order valence-corrected chi connectivity index (χ0v) is 9.60. The summed E-state index contributed by atoms with van der Waals surface area (Å²) in [6.07, 6.45) is -0.0909. The van der Waals surface area contributed by atoms with E-state index in [2.05, 4.69) is 0 Å². The Hall–Kier alpha value is -1.80. The smallest absolute Gasteiger partial charge is 0.154 e. The molecule has 0 atom stereocenters. The third-order valence-corrected chi connectivity index (χ3v) is 2.10. The largest absolute Gasteiger partial charge is 0.491 e. The number of nitriles is 1. The van der Waals surface area contributed by atoms with Crippen LogP contribution < -0.4 is 4.74 Å². The quantitative estimate of drug-likeness (QED) is 0.419. The molecule has 86 valence electrons. The molecule has 1 aromatic carbocycles. The first-order chi connectivity index (χ1) is 8.21. The molecule has 2 radical (unpaired) electrons. The lowest BCUT2D eigenvalue weighted by atomic mass is 9.95. The van der Waals surface area contributed by atoms with Crippen LogP contribution in [-0.4, -0.2) is 34.0 Å². The maximum atomic E-state index is 11.4. The summed E-state index contributed by atoms with van der Waals surface area (Å²) < 4.78 is 10.2. The van der Waals surface area contributed by atoms with E-state index in [1.165, 1.54) is 6.07 Å². The van der Waals surface area contributed by atoms with Crippen molar-refractivity contribution in [2.75, 3.05) is 20.3 Å². The number of benzene rings is 1. The standard InChI is InChI=1S/C12H12BNO3/c1-16-2-3-17-11-5-9(8-14)4-10(6-11)12(15)7-13/h4-6H,2-3,7H2,1H3. The van der Waals surface area contributed by atoms with Crippen LogP contribution in [0, 0.1) is 11.3 Å². The number of hydrogen-bond donors (Lipinski definition) is 0. The second kappa shape index (κ2) is 6.72. The van der Waals surface area contributed by atoms with E-state index in [9.17, 15) is 4.79 Å². The van der Waals surface area contributed by atoms with E-state index in [1.807, 2.05) is 6.07 Å². The van der Waals surface area contributed by atoms with Crippen LogP contribution >= 0.6 is 0 Å². The first kappa shape index (κ1) is 13.3. The molecule has 0 saturated heterocycles. The second-order valence-electron chi connectivity index (χ2n) is 3.33. The van der Waals surface area contributed by atoms with Crippen LogP contribution in [-0.2, 0) is 4.74 Å². The summed E-state index contributed by atoms with van der Waals surface area (Å²) in [5.74, 6) is 0.247. The molecular weight excluding hydrogens is 217 g/mol. The summed E-state index contributed by atoms with van der Waals surface area (Å²) in [5.41, 5.74) is 0.760. The molecule has 0 aliphatic rings. The molecule has 0 aromatic heterocycles. The van der Waals surface area contributed by atoms with Crippen molar-refractivity contribution in [1.82, 2.24) is 0 Å². The number of methoxy groups -OCH3 is 1. The number of carbonyl (C=O) groups excluding carboxylic acids is 1. The van der Waals surface area contributed by atoms with Crippen LogP contribution in [0.3, 0.4) is 0 Å². The molecule has 0 aliphatic carbocycles. The monoisotopic (exact) mass is 229 g/mol. The summed E-state index contributed by atoms with van der Waals surface area (Å²) in [6.45, 7) is 0.804. The number of carbonyl (C=O) groups is 1. The van der Waals surface area contributed by atoms with Crippen LogP contribution in [0.15, 0.2) is 18.2 Å². The van der Waals surface area contributed by atoms with E-state index in [0.29, 0.717) is 30.1 Å². The van der Waals surface area contributed by atoms with Crippen molar-refractivity contribution in [3.8, 4) is 11.8 Å². The van der Waals surface area contributed by atoms with E-state index in [-0.39, 0.29) is 12.1 Å². The van der Waals surface area contributed by atoms with Gasteiger partial charge in [-0.2, -0.15) is 5.26 Å². The first-order valence-electron chi connectivity index (χ1n) is 5.11. The van der Waals surface area contributed by atoms with Gasteiger partial charge < -0.3 is 9.47 Å². The zero-order chi connectivity index (χ0) is 12.7. The number of rotatable bonds is 6. The summed E-state index contributed by atoms with van der Waals surface area (Å²) in [5, 5.41) is 8.84. The molecule has 0 heterocycles. The summed E-state index contributed by atoms with van der Waals surface area (Å²) >= 11 is 0. The molecular formula is C12H12BNO3. The molecule has 0 unspecified atom stereocenters. The van der Waals surface area contributed by atoms with Gasteiger partial charge in [0.1, 0.15) is 12.4 Å². The van der Waals surface area contributed by atoms with E-state index in [0.717, 1.165) is 0 Å². The Bertz CT molecular complexity index is 440. The van der Waals surface area contributed by atoms with Gasteiger partial charge in [0.05, 0.1) is 26.1 Å². The maximum absolute atomic E-state index is 11.4. The van der Waals surface area contributed by atoms with Crippen LogP contribution in [0.5, 0.6) is 5.75 Å². The number of ketones is 1. The van der Waals surface area contributed by atoms with Gasteiger partial charge in [0, 0.05) is 12.7 Å². The topological polar surface area (TPSA) is 59.3 Å². The van der Waals surface area contributed by atoms with Crippen molar-refractivity contribution in [2.45, 2.75) is 6.32 Å². The van der Waals surface area contributed by atoms with Gasteiger partial charge in [-0.25, -0.2) is 0 Å². The maximum Gasteiger partial charge on any atom is 0.154 e. The summed E-state index contributed by atoms with van der Waals surface area (Å²) in [7, 11) is 6.84. The molecule has 0 fully saturated rings. The molecule has 0 spiro atoms. The van der Waals surface area contributed by atoms with Gasteiger partial charge in [-0.15, -0.1) is 0 Å². The lowest BCUT2D eigenvalue weighted by Gasteiger charge is -2.07. The number of Topliss-reactive ketones (excluding diaryl/α,β-unsaturated/α-hetero) is 1. The fourth-order valence-corrected chi connectivity index (χ4v) is 1.27. The van der Waals surface area contributed by atoms with Crippen LogP contribution in [0.1, 0.15) is 15.9 Å².